The standard InChI is InChI=1S/C17H24FN3/c1-4-13(19)9-12-7-8-17(16(18)10-12)21-15(6-3)11-14(5-2)20-21/h7-8,10-11,13H,4-6,9,19H2,1-3H3. The summed E-state index contributed by atoms with van der Waals surface area (Å²) in [6.45, 7) is 6.15. The van der Waals surface area contributed by atoms with Gasteiger partial charge in [0, 0.05) is 11.7 Å². The molecule has 0 aliphatic rings. The van der Waals surface area contributed by atoms with Crippen LogP contribution in [-0.2, 0) is 19.3 Å². The van der Waals surface area contributed by atoms with E-state index in [0.717, 1.165) is 36.2 Å². The quantitative estimate of drug-likeness (QED) is 0.885. The van der Waals surface area contributed by atoms with Crippen molar-refractivity contribution in [2.75, 3.05) is 0 Å². The minimum absolute atomic E-state index is 0.0813. The summed E-state index contributed by atoms with van der Waals surface area (Å²) < 4.78 is 16.1. The van der Waals surface area contributed by atoms with Gasteiger partial charge in [0.05, 0.1) is 5.69 Å². The molecule has 2 aromatic rings. The van der Waals surface area contributed by atoms with Gasteiger partial charge < -0.3 is 5.73 Å². The van der Waals surface area contributed by atoms with Crippen molar-refractivity contribution in [3.63, 3.8) is 0 Å². The molecular formula is C17H24FN3. The Kier molecular flexibility index (Phi) is 5.12. The van der Waals surface area contributed by atoms with E-state index in [4.69, 9.17) is 5.73 Å². The molecule has 114 valence electrons. The van der Waals surface area contributed by atoms with Gasteiger partial charge in [0.2, 0.25) is 0 Å². The summed E-state index contributed by atoms with van der Waals surface area (Å²) in [5.41, 5.74) is 9.40. The number of benzene rings is 1. The number of hydrogen-bond acceptors (Lipinski definition) is 2. The molecule has 1 atom stereocenters. The van der Waals surface area contributed by atoms with E-state index >= 15 is 0 Å². The number of halogens is 1. The van der Waals surface area contributed by atoms with Gasteiger partial charge in [-0.15, -0.1) is 0 Å². The molecule has 1 aromatic heterocycles. The topological polar surface area (TPSA) is 43.8 Å². The molecule has 0 aliphatic carbocycles. The van der Waals surface area contributed by atoms with Gasteiger partial charge in [-0.05, 0) is 49.4 Å². The van der Waals surface area contributed by atoms with Gasteiger partial charge in [0.15, 0.2) is 0 Å². The molecule has 0 aliphatic heterocycles. The minimum Gasteiger partial charge on any atom is -0.327 e. The Morgan fingerprint density at radius 3 is 2.52 bits per heavy atom. The third-order valence-electron chi connectivity index (χ3n) is 3.82. The lowest BCUT2D eigenvalue weighted by atomic mass is 10.0. The molecule has 2 N–H and O–H groups in total. The summed E-state index contributed by atoms with van der Waals surface area (Å²) in [4.78, 5) is 0. The molecule has 0 saturated carbocycles. The molecule has 0 bridgehead atoms. The zero-order valence-corrected chi connectivity index (χ0v) is 13.1. The Hall–Kier alpha value is -1.68. The van der Waals surface area contributed by atoms with E-state index in [1.54, 1.807) is 16.8 Å². The van der Waals surface area contributed by atoms with Crippen molar-refractivity contribution in [3.8, 4) is 5.69 Å². The van der Waals surface area contributed by atoms with Crippen LogP contribution in [0.15, 0.2) is 24.3 Å². The summed E-state index contributed by atoms with van der Waals surface area (Å²) in [7, 11) is 0. The van der Waals surface area contributed by atoms with Crippen LogP contribution in [0.4, 0.5) is 4.39 Å². The van der Waals surface area contributed by atoms with Crippen molar-refractivity contribution in [1.82, 2.24) is 9.78 Å². The Balaban J connectivity index is 2.34. The third-order valence-corrected chi connectivity index (χ3v) is 3.82. The highest BCUT2D eigenvalue weighted by Gasteiger charge is 2.12. The van der Waals surface area contributed by atoms with Gasteiger partial charge in [-0.25, -0.2) is 9.07 Å². The first kappa shape index (κ1) is 15.7. The normalized spacial score (nSPS) is 12.6. The highest BCUT2D eigenvalue weighted by molar-refractivity contribution is 5.38. The van der Waals surface area contributed by atoms with E-state index in [9.17, 15) is 4.39 Å². The summed E-state index contributed by atoms with van der Waals surface area (Å²) in [5.74, 6) is -0.240. The second-order valence-corrected chi connectivity index (χ2v) is 5.40. The predicted octanol–water partition coefficient (Wildman–Crippen LogP) is 3.42. The fraction of sp³-hybridized carbons (Fsp3) is 0.471. The number of nitrogens with zero attached hydrogens (tertiary/aromatic N) is 2. The molecule has 0 saturated heterocycles. The first-order valence-corrected chi connectivity index (χ1v) is 7.71. The average Bonchev–Trinajstić information content (AvgIpc) is 2.90. The molecule has 0 fully saturated rings. The second-order valence-electron chi connectivity index (χ2n) is 5.40. The number of rotatable bonds is 6. The van der Waals surface area contributed by atoms with Gasteiger partial charge in [-0.3, -0.25) is 0 Å². The molecular weight excluding hydrogens is 265 g/mol. The zero-order chi connectivity index (χ0) is 15.4. The minimum atomic E-state index is -0.240. The fourth-order valence-electron chi connectivity index (χ4n) is 2.40. The number of aryl methyl sites for hydroxylation is 2. The molecule has 1 heterocycles. The second kappa shape index (κ2) is 6.85. The van der Waals surface area contributed by atoms with Gasteiger partial charge in [0.25, 0.3) is 0 Å². The van der Waals surface area contributed by atoms with Gasteiger partial charge in [-0.1, -0.05) is 26.8 Å². The van der Waals surface area contributed by atoms with Crippen LogP contribution in [-0.4, -0.2) is 15.8 Å². The Labute approximate surface area is 126 Å². The van der Waals surface area contributed by atoms with E-state index in [-0.39, 0.29) is 11.9 Å². The van der Waals surface area contributed by atoms with E-state index in [1.807, 2.05) is 19.1 Å². The van der Waals surface area contributed by atoms with Crippen LogP contribution in [0.3, 0.4) is 0 Å². The largest absolute Gasteiger partial charge is 0.327 e. The predicted molar refractivity (Wildman–Crippen MR) is 84.2 cm³/mol. The van der Waals surface area contributed by atoms with Crippen LogP contribution in [0.5, 0.6) is 0 Å². The highest BCUT2D eigenvalue weighted by Crippen LogP contribution is 2.19. The van der Waals surface area contributed by atoms with Crippen molar-refractivity contribution < 1.29 is 4.39 Å². The summed E-state index contributed by atoms with van der Waals surface area (Å²) in [6.07, 6.45) is 3.27. The highest BCUT2D eigenvalue weighted by atomic mass is 19.1. The smallest absolute Gasteiger partial charge is 0.149 e. The van der Waals surface area contributed by atoms with Crippen molar-refractivity contribution >= 4 is 0 Å². The van der Waals surface area contributed by atoms with Crippen LogP contribution < -0.4 is 5.73 Å². The van der Waals surface area contributed by atoms with E-state index in [1.165, 1.54) is 0 Å². The number of hydrogen-bond donors (Lipinski definition) is 1. The lowest BCUT2D eigenvalue weighted by Gasteiger charge is -2.11. The van der Waals surface area contributed by atoms with Gasteiger partial charge in [0.1, 0.15) is 11.5 Å². The van der Waals surface area contributed by atoms with Crippen LogP contribution in [0.1, 0.15) is 44.1 Å². The van der Waals surface area contributed by atoms with Crippen molar-refractivity contribution in [2.24, 2.45) is 5.73 Å². The summed E-state index contributed by atoms with van der Waals surface area (Å²) in [6, 6.07) is 7.45. The number of nitrogens with two attached hydrogens (primary N) is 1. The molecule has 0 radical (unpaired) electrons. The molecule has 3 nitrogen and oxygen atoms in total. The Bertz CT molecular complexity index is 604. The molecule has 21 heavy (non-hydrogen) atoms. The SMILES string of the molecule is CCc1cc(CC)n(-c2ccc(CC(N)CC)cc2F)n1. The Morgan fingerprint density at radius 1 is 1.19 bits per heavy atom. The lowest BCUT2D eigenvalue weighted by Crippen LogP contribution is -2.21. The first-order valence-electron chi connectivity index (χ1n) is 7.71. The van der Waals surface area contributed by atoms with E-state index in [0.29, 0.717) is 12.1 Å². The molecule has 1 aromatic carbocycles. The average molecular weight is 289 g/mol. The molecule has 2 rings (SSSR count). The number of aromatic nitrogens is 2. The van der Waals surface area contributed by atoms with Gasteiger partial charge >= 0.3 is 0 Å². The van der Waals surface area contributed by atoms with Crippen molar-refractivity contribution in [2.45, 2.75) is 52.5 Å². The maximum absolute atomic E-state index is 14.4. The fourth-order valence-corrected chi connectivity index (χ4v) is 2.40. The van der Waals surface area contributed by atoms with Crippen LogP contribution in [0.2, 0.25) is 0 Å². The monoisotopic (exact) mass is 289 g/mol. The maximum atomic E-state index is 14.4. The van der Waals surface area contributed by atoms with E-state index in [2.05, 4.69) is 18.9 Å². The summed E-state index contributed by atoms with van der Waals surface area (Å²) >= 11 is 0. The van der Waals surface area contributed by atoms with Crippen molar-refractivity contribution in [3.05, 3.63) is 47.0 Å². The lowest BCUT2D eigenvalue weighted by molar-refractivity contribution is 0.597. The van der Waals surface area contributed by atoms with Crippen LogP contribution in [0.25, 0.3) is 5.69 Å². The van der Waals surface area contributed by atoms with Gasteiger partial charge in [-0.2, -0.15) is 5.10 Å². The maximum Gasteiger partial charge on any atom is 0.149 e. The molecule has 0 amide bonds. The van der Waals surface area contributed by atoms with E-state index < -0.39 is 0 Å². The van der Waals surface area contributed by atoms with Crippen molar-refractivity contribution in [1.29, 1.82) is 0 Å². The molecule has 4 heteroatoms. The zero-order valence-electron chi connectivity index (χ0n) is 13.1. The Morgan fingerprint density at radius 2 is 1.95 bits per heavy atom. The molecule has 1 unspecified atom stereocenters. The first-order chi connectivity index (χ1) is 10.1. The van der Waals surface area contributed by atoms with Crippen LogP contribution in [0, 0.1) is 5.82 Å². The molecule has 0 spiro atoms. The van der Waals surface area contributed by atoms with Crippen LogP contribution >= 0.6 is 0 Å². The summed E-state index contributed by atoms with van der Waals surface area (Å²) in [5, 5.41) is 4.49. The third kappa shape index (κ3) is 3.50.